The largest absolute Gasteiger partial charge is 0.319 e. The summed E-state index contributed by atoms with van der Waals surface area (Å²) in [6.07, 6.45) is 6.40. The number of fused-ring (bicyclic) bond motifs is 1. The third-order valence-electron chi connectivity index (χ3n) is 5.23. The summed E-state index contributed by atoms with van der Waals surface area (Å²) in [4.78, 5) is 38.3. The van der Waals surface area contributed by atoms with Crippen LogP contribution < -0.4 is 5.32 Å². The quantitative estimate of drug-likeness (QED) is 0.373. The monoisotopic (exact) mass is 473 g/mol. The van der Waals surface area contributed by atoms with E-state index in [-0.39, 0.29) is 22.4 Å². The molecule has 3 aromatic carbocycles. The minimum Gasteiger partial charge on any atom is -0.319 e. The van der Waals surface area contributed by atoms with Crippen molar-refractivity contribution in [2.24, 2.45) is 0 Å². The molecule has 172 valence electrons. The summed E-state index contributed by atoms with van der Waals surface area (Å²) in [5, 5.41) is 2.29. The molecule has 1 N–H and O–H groups in total. The number of hydrogen-bond acceptors (Lipinski definition) is 5. The second kappa shape index (κ2) is 8.82. The highest BCUT2D eigenvalue weighted by atomic mass is 19.2. The number of carbonyl (C=O) groups excluding carboxylic acids is 2. The Kier molecular flexibility index (Phi) is 5.54. The molecule has 0 spiro atoms. The molecule has 2 aromatic heterocycles. The first-order valence-electron chi connectivity index (χ1n) is 10.3. The predicted octanol–water partition coefficient (Wildman–Crippen LogP) is 4.72. The van der Waals surface area contributed by atoms with Gasteiger partial charge in [0.05, 0.1) is 28.5 Å². The van der Waals surface area contributed by atoms with Gasteiger partial charge in [-0.15, -0.1) is 0 Å². The molecule has 0 radical (unpaired) electrons. The van der Waals surface area contributed by atoms with Crippen molar-refractivity contribution in [2.45, 2.75) is 0 Å². The van der Waals surface area contributed by atoms with Crippen LogP contribution >= 0.6 is 0 Å². The van der Waals surface area contributed by atoms with E-state index in [4.69, 9.17) is 0 Å². The molecule has 0 aliphatic heterocycles. The van der Waals surface area contributed by atoms with Crippen LogP contribution in [0.2, 0.25) is 0 Å². The molecule has 5 aromatic rings. The van der Waals surface area contributed by atoms with E-state index in [1.54, 1.807) is 35.6 Å². The van der Waals surface area contributed by atoms with Crippen molar-refractivity contribution < 1.29 is 22.8 Å². The summed E-state index contributed by atoms with van der Waals surface area (Å²) in [6, 6.07) is 11.1. The lowest BCUT2D eigenvalue weighted by Gasteiger charge is -2.10. The molecule has 0 atom stereocenters. The summed E-state index contributed by atoms with van der Waals surface area (Å²) >= 11 is 0. The van der Waals surface area contributed by atoms with Crippen LogP contribution in [-0.2, 0) is 0 Å². The van der Waals surface area contributed by atoms with Crippen molar-refractivity contribution in [1.82, 2.24) is 19.5 Å². The molecule has 5 rings (SSSR count). The molecule has 0 aliphatic rings. The average Bonchev–Trinajstić information content (AvgIpc) is 3.41. The van der Waals surface area contributed by atoms with Gasteiger partial charge in [0.25, 0.3) is 5.91 Å². The molecule has 0 unspecified atom stereocenters. The molecule has 1 amide bonds. The normalized spacial score (nSPS) is 10.9. The van der Waals surface area contributed by atoms with Crippen molar-refractivity contribution in [1.29, 1.82) is 0 Å². The Balaban J connectivity index is 1.45. The van der Waals surface area contributed by atoms with Crippen molar-refractivity contribution in [3.63, 3.8) is 0 Å². The van der Waals surface area contributed by atoms with E-state index in [0.29, 0.717) is 22.9 Å². The molecular weight excluding hydrogens is 459 g/mol. The number of hydrogen-bond donors (Lipinski definition) is 1. The standard InChI is InChI=1S/C25H14F3N5O2/c26-17-6-4-15(10-18(17)27)25(35)32-20-3-1-2-16(23(20)28)24(34)14-5-7-19-21(11-14)31-22(12-30-19)33-9-8-29-13-33/h1-13H,(H,32,35). The number of aromatic nitrogens is 4. The number of rotatable bonds is 5. The Hall–Kier alpha value is -4.86. The number of halogens is 3. The third-order valence-corrected chi connectivity index (χ3v) is 5.23. The van der Waals surface area contributed by atoms with Crippen LogP contribution in [0.1, 0.15) is 26.3 Å². The van der Waals surface area contributed by atoms with Crippen molar-refractivity contribution in [3.8, 4) is 5.82 Å². The number of benzene rings is 3. The topological polar surface area (TPSA) is 89.8 Å². The zero-order valence-electron chi connectivity index (χ0n) is 17.7. The zero-order valence-corrected chi connectivity index (χ0v) is 17.7. The second-order valence-electron chi connectivity index (χ2n) is 7.48. The zero-order chi connectivity index (χ0) is 24.5. The van der Waals surface area contributed by atoms with Crippen LogP contribution in [-0.4, -0.2) is 31.2 Å². The SMILES string of the molecule is O=C(Nc1cccc(C(=O)c2ccc3ncc(-n4ccnc4)nc3c2)c1F)c1ccc(F)c(F)c1. The molecule has 0 bridgehead atoms. The van der Waals surface area contributed by atoms with Gasteiger partial charge < -0.3 is 5.32 Å². The highest BCUT2D eigenvalue weighted by Crippen LogP contribution is 2.23. The minimum absolute atomic E-state index is 0.164. The van der Waals surface area contributed by atoms with E-state index in [2.05, 4.69) is 20.3 Å². The maximum atomic E-state index is 15.2. The molecule has 0 aliphatic carbocycles. The summed E-state index contributed by atoms with van der Waals surface area (Å²) < 4.78 is 43.4. The first kappa shape index (κ1) is 22.0. The Labute approximate surface area is 195 Å². The van der Waals surface area contributed by atoms with Crippen molar-refractivity contribution in [3.05, 3.63) is 114 Å². The summed E-state index contributed by atoms with van der Waals surface area (Å²) in [5.74, 6) is -4.29. The smallest absolute Gasteiger partial charge is 0.255 e. The van der Waals surface area contributed by atoms with Gasteiger partial charge in [-0.05, 0) is 48.5 Å². The fourth-order valence-electron chi connectivity index (χ4n) is 3.45. The number of carbonyl (C=O) groups is 2. The van der Waals surface area contributed by atoms with E-state index in [9.17, 15) is 18.4 Å². The van der Waals surface area contributed by atoms with Crippen LogP contribution in [0.3, 0.4) is 0 Å². The summed E-state index contributed by atoms with van der Waals surface area (Å²) in [5.41, 5.74) is 0.350. The maximum Gasteiger partial charge on any atom is 0.255 e. The van der Waals surface area contributed by atoms with E-state index >= 15 is 4.39 Å². The molecule has 10 heteroatoms. The molecule has 0 fully saturated rings. The van der Waals surface area contributed by atoms with Crippen LogP contribution in [0.15, 0.2) is 79.5 Å². The lowest BCUT2D eigenvalue weighted by molar-refractivity contribution is 0.101. The van der Waals surface area contributed by atoms with Gasteiger partial charge in [0, 0.05) is 23.5 Å². The highest BCUT2D eigenvalue weighted by molar-refractivity contribution is 6.11. The minimum atomic E-state index is -1.21. The van der Waals surface area contributed by atoms with E-state index in [1.165, 1.54) is 30.3 Å². The van der Waals surface area contributed by atoms with Gasteiger partial charge >= 0.3 is 0 Å². The first-order chi connectivity index (χ1) is 16.9. The summed E-state index contributed by atoms with van der Waals surface area (Å²) in [7, 11) is 0. The highest BCUT2D eigenvalue weighted by Gasteiger charge is 2.19. The van der Waals surface area contributed by atoms with Crippen LogP contribution in [0.25, 0.3) is 16.9 Å². The lowest BCUT2D eigenvalue weighted by Crippen LogP contribution is -2.15. The van der Waals surface area contributed by atoms with Gasteiger partial charge in [-0.25, -0.2) is 23.1 Å². The van der Waals surface area contributed by atoms with E-state index in [0.717, 1.165) is 12.1 Å². The number of imidazole rings is 1. The van der Waals surface area contributed by atoms with Gasteiger partial charge in [-0.2, -0.15) is 0 Å². The summed E-state index contributed by atoms with van der Waals surface area (Å²) in [6.45, 7) is 0. The molecule has 7 nitrogen and oxygen atoms in total. The molecule has 0 saturated heterocycles. The van der Waals surface area contributed by atoms with Gasteiger partial charge in [0.1, 0.15) is 6.33 Å². The van der Waals surface area contributed by atoms with Crippen molar-refractivity contribution >= 4 is 28.4 Å². The molecule has 2 heterocycles. The Morgan fingerprint density at radius 1 is 0.886 bits per heavy atom. The molecular formula is C25H14F3N5O2. The van der Waals surface area contributed by atoms with Crippen LogP contribution in [0.5, 0.6) is 0 Å². The number of nitrogens with zero attached hydrogens (tertiary/aromatic N) is 4. The maximum absolute atomic E-state index is 15.2. The lowest BCUT2D eigenvalue weighted by atomic mass is 10.0. The molecule has 0 saturated carbocycles. The van der Waals surface area contributed by atoms with Crippen LogP contribution in [0, 0.1) is 17.5 Å². The fraction of sp³-hybridized carbons (Fsp3) is 0. The first-order valence-corrected chi connectivity index (χ1v) is 10.3. The predicted molar refractivity (Wildman–Crippen MR) is 121 cm³/mol. The Morgan fingerprint density at radius 2 is 1.71 bits per heavy atom. The van der Waals surface area contributed by atoms with Gasteiger partial charge in [-0.3, -0.25) is 19.1 Å². The van der Waals surface area contributed by atoms with Gasteiger partial charge in [0.15, 0.2) is 29.1 Å². The number of anilines is 1. The van der Waals surface area contributed by atoms with E-state index < -0.39 is 29.1 Å². The van der Waals surface area contributed by atoms with Gasteiger partial charge in [0.2, 0.25) is 0 Å². The second-order valence-corrected chi connectivity index (χ2v) is 7.48. The Bertz CT molecular complexity index is 1600. The Morgan fingerprint density at radius 3 is 2.49 bits per heavy atom. The fourth-order valence-corrected chi connectivity index (χ4v) is 3.45. The third kappa shape index (κ3) is 4.24. The van der Waals surface area contributed by atoms with Crippen LogP contribution in [0.4, 0.5) is 18.9 Å². The number of amides is 1. The van der Waals surface area contributed by atoms with E-state index in [1.807, 2.05) is 0 Å². The molecule has 35 heavy (non-hydrogen) atoms. The number of nitrogens with one attached hydrogen (secondary N) is 1. The van der Waals surface area contributed by atoms with Crippen molar-refractivity contribution in [2.75, 3.05) is 5.32 Å². The number of ketones is 1. The average molecular weight is 473 g/mol. The van der Waals surface area contributed by atoms with Gasteiger partial charge in [-0.1, -0.05) is 6.07 Å².